The number of benzene rings is 3. The molecule has 0 aliphatic rings. The standard InChI is InChI=1S/C29H33BrN2O3/c1-20(2)31-29(34)26(17-23-11-7-5-8-12-23)32(18-24-13-9-6-10-14-24)27(33)19-35-25-15-21(3)28(30)22(4)16-25/h5-16,20,26H,17-19H2,1-4H3,(H,31,34). The third kappa shape index (κ3) is 7.69. The van der Waals surface area contributed by atoms with Crippen molar-refractivity contribution in [2.75, 3.05) is 6.61 Å². The van der Waals surface area contributed by atoms with Crippen LogP contribution in [-0.2, 0) is 22.6 Å². The number of halogens is 1. The zero-order valence-electron chi connectivity index (χ0n) is 20.8. The number of carbonyl (C=O) groups excluding carboxylic acids is 2. The molecule has 0 radical (unpaired) electrons. The molecule has 0 aliphatic heterocycles. The molecule has 0 fully saturated rings. The van der Waals surface area contributed by atoms with Crippen LogP contribution in [0.25, 0.3) is 0 Å². The van der Waals surface area contributed by atoms with Crippen molar-refractivity contribution in [1.82, 2.24) is 10.2 Å². The van der Waals surface area contributed by atoms with Gasteiger partial charge in [-0.05, 0) is 62.1 Å². The summed E-state index contributed by atoms with van der Waals surface area (Å²) in [7, 11) is 0. The smallest absolute Gasteiger partial charge is 0.261 e. The van der Waals surface area contributed by atoms with Gasteiger partial charge in [-0.2, -0.15) is 0 Å². The van der Waals surface area contributed by atoms with E-state index >= 15 is 0 Å². The normalized spacial score (nSPS) is 11.7. The maximum atomic E-state index is 13.6. The molecule has 3 aromatic rings. The Labute approximate surface area is 216 Å². The second-order valence-electron chi connectivity index (χ2n) is 9.04. The number of rotatable bonds is 10. The van der Waals surface area contributed by atoms with Crippen LogP contribution in [0.3, 0.4) is 0 Å². The van der Waals surface area contributed by atoms with Crippen molar-refractivity contribution in [2.24, 2.45) is 0 Å². The van der Waals surface area contributed by atoms with Crippen molar-refractivity contribution in [3.63, 3.8) is 0 Å². The van der Waals surface area contributed by atoms with Crippen LogP contribution in [0.15, 0.2) is 77.3 Å². The summed E-state index contributed by atoms with van der Waals surface area (Å²) in [5.74, 6) is 0.206. The Morgan fingerprint density at radius 3 is 2.00 bits per heavy atom. The molecule has 0 heterocycles. The fraction of sp³-hybridized carbons (Fsp3) is 0.310. The molecular weight excluding hydrogens is 504 g/mol. The van der Waals surface area contributed by atoms with Crippen molar-refractivity contribution in [3.05, 3.63) is 99.5 Å². The zero-order chi connectivity index (χ0) is 25.4. The number of amides is 2. The Bertz CT molecular complexity index is 1110. The first kappa shape index (κ1) is 26.5. The van der Waals surface area contributed by atoms with Crippen LogP contribution >= 0.6 is 15.9 Å². The number of aryl methyl sites for hydroxylation is 2. The first-order valence-electron chi connectivity index (χ1n) is 11.8. The number of nitrogens with zero attached hydrogens (tertiary/aromatic N) is 1. The maximum absolute atomic E-state index is 13.6. The molecule has 3 aromatic carbocycles. The molecule has 2 amide bonds. The monoisotopic (exact) mass is 536 g/mol. The van der Waals surface area contributed by atoms with E-state index in [0.29, 0.717) is 18.7 Å². The predicted molar refractivity (Wildman–Crippen MR) is 143 cm³/mol. The lowest BCUT2D eigenvalue weighted by Gasteiger charge is -2.32. The second-order valence-corrected chi connectivity index (χ2v) is 9.83. The van der Waals surface area contributed by atoms with Crippen LogP contribution in [0, 0.1) is 13.8 Å². The number of hydrogen-bond acceptors (Lipinski definition) is 3. The summed E-state index contributed by atoms with van der Waals surface area (Å²) < 4.78 is 6.94. The Morgan fingerprint density at radius 2 is 1.46 bits per heavy atom. The summed E-state index contributed by atoms with van der Waals surface area (Å²) in [6.45, 7) is 7.96. The molecule has 1 unspecified atom stereocenters. The molecule has 0 spiro atoms. The molecule has 1 atom stereocenters. The van der Waals surface area contributed by atoms with Crippen LogP contribution < -0.4 is 10.1 Å². The fourth-order valence-corrected chi connectivity index (χ4v) is 4.16. The van der Waals surface area contributed by atoms with Crippen molar-refractivity contribution < 1.29 is 14.3 Å². The van der Waals surface area contributed by atoms with Gasteiger partial charge in [0.05, 0.1) is 0 Å². The number of carbonyl (C=O) groups is 2. The van der Waals surface area contributed by atoms with E-state index in [4.69, 9.17) is 4.74 Å². The van der Waals surface area contributed by atoms with E-state index in [9.17, 15) is 9.59 Å². The topological polar surface area (TPSA) is 58.6 Å². The lowest BCUT2D eigenvalue weighted by atomic mass is 10.0. The third-order valence-corrected chi connectivity index (χ3v) is 6.92. The van der Waals surface area contributed by atoms with Crippen molar-refractivity contribution in [1.29, 1.82) is 0 Å². The predicted octanol–water partition coefficient (Wildman–Crippen LogP) is 5.61. The molecule has 35 heavy (non-hydrogen) atoms. The highest BCUT2D eigenvalue weighted by molar-refractivity contribution is 9.10. The van der Waals surface area contributed by atoms with Crippen molar-refractivity contribution >= 4 is 27.7 Å². The molecule has 6 heteroatoms. The van der Waals surface area contributed by atoms with Crippen molar-refractivity contribution in [3.8, 4) is 5.75 Å². The van der Waals surface area contributed by atoms with Gasteiger partial charge in [-0.25, -0.2) is 0 Å². The Kier molecular flexibility index (Phi) is 9.49. The fourth-order valence-electron chi connectivity index (χ4n) is 3.93. The van der Waals surface area contributed by atoms with Gasteiger partial charge in [-0.3, -0.25) is 9.59 Å². The van der Waals surface area contributed by atoms with Gasteiger partial charge in [0, 0.05) is 23.5 Å². The van der Waals surface area contributed by atoms with E-state index in [1.165, 1.54) is 0 Å². The Hall–Kier alpha value is -3.12. The van der Waals surface area contributed by atoms with Crippen LogP contribution in [0.1, 0.15) is 36.1 Å². The van der Waals surface area contributed by atoms with Crippen LogP contribution in [0.2, 0.25) is 0 Å². The molecule has 184 valence electrons. The minimum absolute atomic E-state index is 0.0422. The summed E-state index contributed by atoms with van der Waals surface area (Å²) in [6.07, 6.45) is 0.411. The molecular formula is C29H33BrN2O3. The van der Waals surface area contributed by atoms with Crippen LogP contribution in [0.4, 0.5) is 0 Å². The average molecular weight is 537 g/mol. The summed E-state index contributed by atoms with van der Waals surface area (Å²) >= 11 is 3.56. The summed E-state index contributed by atoms with van der Waals surface area (Å²) in [5.41, 5.74) is 4.01. The van der Waals surface area contributed by atoms with Gasteiger partial charge in [0.25, 0.3) is 5.91 Å². The van der Waals surface area contributed by atoms with E-state index in [1.54, 1.807) is 4.90 Å². The molecule has 1 N–H and O–H groups in total. The van der Waals surface area contributed by atoms with E-state index in [2.05, 4.69) is 21.2 Å². The van der Waals surface area contributed by atoms with Gasteiger partial charge in [0.2, 0.25) is 5.91 Å². The highest BCUT2D eigenvalue weighted by Gasteiger charge is 2.31. The first-order valence-corrected chi connectivity index (χ1v) is 12.6. The van der Waals surface area contributed by atoms with Gasteiger partial charge in [-0.15, -0.1) is 0 Å². The van der Waals surface area contributed by atoms with Crippen LogP contribution in [-0.4, -0.2) is 35.4 Å². The van der Waals surface area contributed by atoms with Gasteiger partial charge < -0.3 is 15.0 Å². The maximum Gasteiger partial charge on any atom is 0.261 e. The lowest BCUT2D eigenvalue weighted by Crippen LogP contribution is -2.52. The minimum atomic E-state index is -0.676. The van der Waals surface area contributed by atoms with Gasteiger partial charge in [0.1, 0.15) is 11.8 Å². The minimum Gasteiger partial charge on any atom is -0.484 e. The SMILES string of the molecule is Cc1cc(OCC(=O)N(Cc2ccccc2)C(Cc2ccccc2)C(=O)NC(C)C)cc(C)c1Br. The van der Waals surface area contributed by atoms with Gasteiger partial charge in [-0.1, -0.05) is 76.6 Å². The average Bonchev–Trinajstić information content (AvgIpc) is 2.84. The van der Waals surface area contributed by atoms with Gasteiger partial charge in [0.15, 0.2) is 6.61 Å². The molecule has 0 aliphatic carbocycles. The molecule has 3 rings (SSSR count). The zero-order valence-corrected chi connectivity index (χ0v) is 22.3. The first-order chi connectivity index (χ1) is 16.7. The summed E-state index contributed by atoms with van der Waals surface area (Å²) in [5, 5.41) is 3.00. The highest BCUT2D eigenvalue weighted by Crippen LogP contribution is 2.26. The van der Waals surface area contributed by atoms with E-state index in [-0.39, 0.29) is 24.5 Å². The number of ether oxygens (including phenoxy) is 1. The van der Waals surface area contributed by atoms with E-state index in [1.807, 2.05) is 100 Å². The third-order valence-electron chi connectivity index (χ3n) is 5.67. The van der Waals surface area contributed by atoms with Crippen LogP contribution in [0.5, 0.6) is 5.75 Å². The Balaban J connectivity index is 1.90. The number of nitrogens with one attached hydrogen (secondary N) is 1. The second kappa shape index (κ2) is 12.5. The van der Waals surface area contributed by atoms with E-state index < -0.39 is 6.04 Å². The largest absolute Gasteiger partial charge is 0.484 e. The molecule has 5 nitrogen and oxygen atoms in total. The lowest BCUT2D eigenvalue weighted by molar-refractivity contribution is -0.143. The molecule has 0 aromatic heterocycles. The molecule has 0 saturated heterocycles. The molecule has 0 bridgehead atoms. The summed E-state index contributed by atoms with van der Waals surface area (Å²) in [4.78, 5) is 28.6. The molecule has 0 saturated carbocycles. The van der Waals surface area contributed by atoms with Gasteiger partial charge >= 0.3 is 0 Å². The van der Waals surface area contributed by atoms with E-state index in [0.717, 1.165) is 26.7 Å². The highest BCUT2D eigenvalue weighted by atomic mass is 79.9. The quantitative estimate of drug-likeness (QED) is 0.366. The summed E-state index contributed by atoms with van der Waals surface area (Å²) in [6, 6.07) is 22.6. The Morgan fingerprint density at radius 1 is 0.914 bits per heavy atom. The number of hydrogen-bond donors (Lipinski definition) is 1. The van der Waals surface area contributed by atoms with Crippen molar-refractivity contribution in [2.45, 2.75) is 52.7 Å².